The molecule has 0 saturated heterocycles. The van der Waals surface area contributed by atoms with Gasteiger partial charge in [0, 0.05) is 38.1 Å². The van der Waals surface area contributed by atoms with Crippen molar-refractivity contribution in [1.29, 1.82) is 0 Å². The van der Waals surface area contributed by atoms with Crippen LogP contribution in [0.2, 0.25) is 0 Å². The SMILES string of the molecule is COc1ccc(CN(C)Cc2ccn[nH]2)cc1OC[C@H](O)CN(C)Cc1ccccc1. The average molecular weight is 425 g/mol. The quantitative estimate of drug-likeness (QED) is 0.466. The molecule has 3 aromatic rings. The van der Waals surface area contributed by atoms with Crippen LogP contribution in [-0.2, 0) is 19.6 Å². The summed E-state index contributed by atoms with van der Waals surface area (Å²) in [5, 5.41) is 17.4. The van der Waals surface area contributed by atoms with Gasteiger partial charge in [0.05, 0.1) is 7.11 Å². The first kappa shape index (κ1) is 22.8. The molecule has 0 spiro atoms. The summed E-state index contributed by atoms with van der Waals surface area (Å²) in [6.07, 6.45) is 1.15. The third-order valence-electron chi connectivity index (χ3n) is 4.93. The molecule has 0 unspecified atom stereocenters. The van der Waals surface area contributed by atoms with Crippen LogP contribution in [0.3, 0.4) is 0 Å². The van der Waals surface area contributed by atoms with E-state index in [4.69, 9.17) is 9.47 Å². The van der Waals surface area contributed by atoms with Gasteiger partial charge in [-0.25, -0.2) is 0 Å². The maximum absolute atomic E-state index is 10.5. The Morgan fingerprint density at radius 3 is 2.42 bits per heavy atom. The fraction of sp³-hybridized carbons (Fsp3) is 0.375. The zero-order valence-corrected chi connectivity index (χ0v) is 18.5. The van der Waals surface area contributed by atoms with E-state index in [9.17, 15) is 5.11 Å². The highest BCUT2D eigenvalue weighted by molar-refractivity contribution is 5.43. The summed E-state index contributed by atoms with van der Waals surface area (Å²) in [6, 6.07) is 18.1. The zero-order chi connectivity index (χ0) is 22.1. The second-order valence-corrected chi connectivity index (χ2v) is 7.89. The summed E-state index contributed by atoms with van der Waals surface area (Å²) >= 11 is 0. The van der Waals surface area contributed by atoms with Crippen molar-refractivity contribution in [3.8, 4) is 11.5 Å². The number of methoxy groups -OCH3 is 1. The molecular weight excluding hydrogens is 392 g/mol. The predicted octanol–water partition coefficient (Wildman–Crippen LogP) is 2.92. The van der Waals surface area contributed by atoms with Crippen LogP contribution < -0.4 is 9.47 Å². The van der Waals surface area contributed by atoms with Crippen LogP contribution in [-0.4, -0.2) is 65.6 Å². The van der Waals surface area contributed by atoms with Crippen LogP contribution in [0.25, 0.3) is 0 Å². The Balaban J connectivity index is 1.52. The third-order valence-corrected chi connectivity index (χ3v) is 4.93. The molecule has 3 rings (SSSR count). The minimum atomic E-state index is -0.606. The van der Waals surface area contributed by atoms with Crippen molar-refractivity contribution in [2.24, 2.45) is 0 Å². The summed E-state index contributed by atoms with van der Waals surface area (Å²) in [5.41, 5.74) is 3.38. The number of likely N-dealkylation sites (N-methyl/N-ethyl adjacent to an activating group) is 1. The average Bonchev–Trinajstić information content (AvgIpc) is 3.26. The molecule has 2 N–H and O–H groups in total. The van der Waals surface area contributed by atoms with Gasteiger partial charge in [-0.2, -0.15) is 5.10 Å². The lowest BCUT2D eigenvalue weighted by molar-refractivity contribution is 0.0732. The van der Waals surface area contributed by atoms with E-state index in [0.717, 1.165) is 30.9 Å². The van der Waals surface area contributed by atoms with E-state index in [1.54, 1.807) is 13.3 Å². The van der Waals surface area contributed by atoms with Crippen molar-refractivity contribution in [1.82, 2.24) is 20.0 Å². The van der Waals surface area contributed by atoms with Crippen LogP contribution in [0.5, 0.6) is 11.5 Å². The van der Waals surface area contributed by atoms with E-state index in [-0.39, 0.29) is 6.61 Å². The van der Waals surface area contributed by atoms with E-state index >= 15 is 0 Å². The number of hydrogen-bond acceptors (Lipinski definition) is 6. The number of rotatable bonds is 12. The molecule has 0 aliphatic rings. The fourth-order valence-corrected chi connectivity index (χ4v) is 3.52. The minimum absolute atomic E-state index is 0.197. The number of aromatic nitrogens is 2. The Bertz CT molecular complexity index is 902. The monoisotopic (exact) mass is 424 g/mol. The third kappa shape index (κ3) is 7.40. The largest absolute Gasteiger partial charge is 0.493 e. The molecule has 0 amide bonds. The Labute approximate surface area is 184 Å². The van der Waals surface area contributed by atoms with Crippen LogP contribution in [0.15, 0.2) is 60.8 Å². The Morgan fingerprint density at radius 1 is 0.935 bits per heavy atom. The lowest BCUT2D eigenvalue weighted by Gasteiger charge is -2.22. The van der Waals surface area contributed by atoms with Crippen LogP contribution in [0, 0.1) is 0 Å². The summed E-state index contributed by atoms with van der Waals surface area (Å²) < 4.78 is 11.4. The number of aliphatic hydroxyl groups is 1. The van der Waals surface area contributed by atoms with Crippen molar-refractivity contribution in [3.05, 3.63) is 77.6 Å². The maximum atomic E-state index is 10.5. The number of H-pyrrole nitrogens is 1. The first-order valence-corrected chi connectivity index (χ1v) is 10.4. The van der Waals surface area contributed by atoms with E-state index in [2.05, 4.69) is 39.2 Å². The second kappa shape index (κ2) is 11.5. The molecule has 0 radical (unpaired) electrons. The number of benzene rings is 2. The van der Waals surface area contributed by atoms with Gasteiger partial charge < -0.3 is 14.6 Å². The molecule has 7 nitrogen and oxygen atoms in total. The summed E-state index contributed by atoms with van der Waals surface area (Å²) in [5.74, 6) is 1.30. The van der Waals surface area contributed by atoms with E-state index in [1.165, 1.54) is 5.56 Å². The lowest BCUT2D eigenvalue weighted by Crippen LogP contribution is -2.32. The second-order valence-electron chi connectivity index (χ2n) is 7.89. The molecule has 2 aromatic carbocycles. The summed E-state index contributed by atoms with van der Waals surface area (Å²) in [7, 11) is 5.67. The maximum Gasteiger partial charge on any atom is 0.161 e. The number of ether oxygens (including phenoxy) is 2. The number of nitrogens with zero attached hydrogens (tertiary/aromatic N) is 3. The molecule has 0 aliphatic carbocycles. The smallest absolute Gasteiger partial charge is 0.161 e. The first-order chi connectivity index (χ1) is 15.0. The van der Waals surface area contributed by atoms with E-state index in [0.29, 0.717) is 18.0 Å². The van der Waals surface area contributed by atoms with Crippen molar-refractivity contribution >= 4 is 0 Å². The molecule has 7 heteroatoms. The first-order valence-electron chi connectivity index (χ1n) is 10.4. The highest BCUT2D eigenvalue weighted by Crippen LogP contribution is 2.28. The van der Waals surface area contributed by atoms with E-state index < -0.39 is 6.10 Å². The molecule has 0 saturated carbocycles. The topological polar surface area (TPSA) is 73.8 Å². The molecule has 1 heterocycles. The highest BCUT2D eigenvalue weighted by atomic mass is 16.5. The van der Waals surface area contributed by atoms with Gasteiger partial charge in [0.25, 0.3) is 0 Å². The molecule has 1 aromatic heterocycles. The normalized spacial score (nSPS) is 12.3. The van der Waals surface area contributed by atoms with Gasteiger partial charge in [-0.15, -0.1) is 0 Å². The predicted molar refractivity (Wildman–Crippen MR) is 121 cm³/mol. The van der Waals surface area contributed by atoms with Crippen LogP contribution in [0.1, 0.15) is 16.8 Å². The summed E-state index contributed by atoms with van der Waals surface area (Å²) in [6.45, 7) is 3.02. The van der Waals surface area contributed by atoms with Crippen LogP contribution >= 0.6 is 0 Å². The number of aromatic amines is 1. The molecule has 0 bridgehead atoms. The van der Waals surface area contributed by atoms with Gasteiger partial charge in [-0.3, -0.25) is 14.9 Å². The fourth-order valence-electron chi connectivity index (χ4n) is 3.52. The minimum Gasteiger partial charge on any atom is -0.493 e. The number of nitrogens with one attached hydrogen (secondary N) is 1. The Morgan fingerprint density at radius 2 is 1.71 bits per heavy atom. The molecule has 0 aliphatic heterocycles. The molecule has 1 atom stereocenters. The molecular formula is C24H32N4O3. The molecule has 31 heavy (non-hydrogen) atoms. The number of aliphatic hydroxyl groups excluding tert-OH is 1. The molecule has 166 valence electrons. The lowest BCUT2D eigenvalue weighted by atomic mass is 10.2. The van der Waals surface area contributed by atoms with Crippen molar-refractivity contribution < 1.29 is 14.6 Å². The van der Waals surface area contributed by atoms with Gasteiger partial charge in [-0.1, -0.05) is 36.4 Å². The zero-order valence-electron chi connectivity index (χ0n) is 18.5. The van der Waals surface area contributed by atoms with Gasteiger partial charge in [0.2, 0.25) is 0 Å². The van der Waals surface area contributed by atoms with Gasteiger partial charge in [0.15, 0.2) is 11.5 Å². The van der Waals surface area contributed by atoms with E-state index in [1.807, 2.05) is 49.5 Å². The molecule has 0 fully saturated rings. The van der Waals surface area contributed by atoms with Crippen molar-refractivity contribution in [2.45, 2.75) is 25.7 Å². The highest BCUT2D eigenvalue weighted by Gasteiger charge is 2.13. The van der Waals surface area contributed by atoms with Gasteiger partial charge >= 0.3 is 0 Å². The van der Waals surface area contributed by atoms with Gasteiger partial charge in [0.1, 0.15) is 12.7 Å². The van der Waals surface area contributed by atoms with Crippen LogP contribution in [0.4, 0.5) is 0 Å². The Hall–Kier alpha value is -2.87. The van der Waals surface area contributed by atoms with Crippen molar-refractivity contribution in [3.63, 3.8) is 0 Å². The summed E-state index contributed by atoms with van der Waals surface area (Å²) in [4.78, 5) is 4.27. The Kier molecular flexibility index (Phi) is 8.46. The standard InChI is InChI=1S/C24H32N4O3/c1-27(16-21-11-12-25-26-21)15-20-9-10-23(30-3)24(13-20)31-18-22(29)17-28(2)14-19-7-5-4-6-8-19/h4-13,22,29H,14-18H2,1-3H3,(H,25,26)/t22-/m1/s1. The van der Waals surface area contributed by atoms with Crippen molar-refractivity contribution in [2.75, 3.05) is 34.4 Å². The van der Waals surface area contributed by atoms with Gasteiger partial charge in [-0.05, 0) is 43.4 Å². The number of hydrogen-bond donors (Lipinski definition) is 2.